The van der Waals surface area contributed by atoms with Gasteiger partial charge in [0.2, 0.25) is 0 Å². The second-order valence-corrected chi connectivity index (χ2v) is 4.08. The highest BCUT2D eigenvalue weighted by Crippen LogP contribution is 2.25. The first kappa shape index (κ1) is 14.4. The molecule has 3 nitrogen and oxygen atoms in total. The monoisotopic (exact) mass is 306 g/mol. The maximum atomic E-state index is 12.9. The van der Waals surface area contributed by atoms with E-state index in [1.54, 1.807) is 6.07 Å². The summed E-state index contributed by atoms with van der Waals surface area (Å²) in [7, 11) is 0. The van der Waals surface area contributed by atoms with Crippen molar-refractivity contribution < 1.29 is 18.6 Å². The molecule has 5 heteroatoms. The molecule has 0 aliphatic rings. The zero-order valence-corrected chi connectivity index (χ0v) is 11.5. The number of halogens is 2. The number of hydrogen-bond donors (Lipinski definition) is 0. The molecule has 0 atom stereocenters. The smallest absolute Gasteiger partial charge is 0.191 e. The Morgan fingerprint density at radius 3 is 2.41 bits per heavy atom. The van der Waals surface area contributed by atoms with E-state index in [0.717, 1.165) is 0 Å². The van der Waals surface area contributed by atoms with E-state index in [1.165, 1.54) is 12.1 Å². The first-order valence-electron chi connectivity index (χ1n) is 5.48. The summed E-state index contributed by atoms with van der Waals surface area (Å²) in [6.45, 7) is 5.16. The van der Waals surface area contributed by atoms with Gasteiger partial charge in [-0.15, -0.1) is 0 Å². The molecule has 0 unspecified atom stereocenters. The lowest BCUT2D eigenvalue weighted by molar-refractivity contribution is -0.152. The minimum absolute atomic E-state index is 0.270. The van der Waals surface area contributed by atoms with Crippen molar-refractivity contribution in [3.63, 3.8) is 0 Å². The average Bonchev–Trinajstić information content (AvgIpc) is 2.28. The van der Waals surface area contributed by atoms with E-state index in [-0.39, 0.29) is 12.4 Å². The summed E-state index contributed by atoms with van der Waals surface area (Å²) in [4.78, 5) is 0. The highest BCUT2D eigenvalue weighted by molar-refractivity contribution is 9.10. The third kappa shape index (κ3) is 5.02. The number of benzene rings is 1. The van der Waals surface area contributed by atoms with Crippen LogP contribution in [0.15, 0.2) is 22.7 Å². The van der Waals surface area contributed by atoms with Gasteiger partial charge in [0.05, 0.1) is 4.47 Å². The summed E-state index contributed by atoms with van der Waals surface area (Å²) in [5.41, 5.74) is 0. The van der Waals surface area contributed by atoms with Crippen molar-refractivity contribution in [1.82, 2.24) is 0 Å². The minimum Gasteiger partial charge on any atom is -0.487 e. The molecule has 0 bridgehead atoms. The molecule has 17 heavy (non-hydrogen) atoms. The third-order valence-electron chi connectivity index (χ3n) is 1.97. The first-order chi connectivity index (χ1) is 8.17. The van der Waals surface area contributed by atoms with Gasteiger partial charge in [-0.3, -0.25) is 0 Å². The van der Waals surface area contributed by atoms with E-state index in [2.05, 4.69) is 15.9 Å². The summed E-state index contributed by atoms with van der Waals surface area (Å²) in [5.74, 6) is 0.256. The van der Waals surface area contributed by atoms with Gasteiger partial charge < -0.3 is 14.2 Å². The Morgan fingerprint density at radius 1 is 1.24 bits per heavy atom. The summed E-state index contributed by atoms with van der Waals surface area (Å²) < 4.78 is 29.6. The van der Waals surface area contributed by atoms with Crippen molar-refractivity contribution >= 4 is 15.9 Å². The molecule has 0 fully saturated rings. The summed E-state index contributed by atoms with van der Waals surface area (Å²) in [5, 5.41) is 0. The van der Waals surface area contributed by atoms with Crippen LogP contribution in [0.1, 0.15) is 13.8 Å². The highest BCUT2D eigenvalue weighted by Gasteiger charge is 2.10. The Morgan fingerprint density at radius 2 is 1.88 bits per heavy atom. The molecule has 0 saturated carbocycles. The molecule has 0 amide bonds. The lowest BCUT2D eigenvalue weighted by Crippen LogP contribution is -2.25. The largest absolute Gasteiger partial charge is 0.487 e. The van der Waals surface area contributed by atoms with Gasteiger partial charge in [-0.2, -0.15) is 0 Å². The number of ether oxygens (including phenoxy) is 3. The van der Waals surface area contributed by atoms with Crippen LogP contribution in [0.4, 0.5) is 4.39 Å². The predicted octanol–water partition coefficient (Wildman–Crippen LogP) is 3.37. The van der Waals surface area contributed by atoms with Crippen LogP contribution in [-0.4, -0.2) is 26.1 Å². The Hall–Kier alpha value is -0.650. The molecule has 1 aromatic rings. The second kappa shape index (κ2) is 7.63. The van der Waals surface area contributed by atoms with Gasteiger partial charge in [-0.25, -0.2) is 4.39 Å². The van der Waals surface area contributed by atoms with Gasteiger partial charge in [0.25, 0.3) is 0 Å². The molecule has 0 saturated heterocycles. The summed E-state index contributed by atoms with van der Waals surface area (Å²) in [6, 6.07) is 4.26. The van der Waals surface area contributed by atoms with Gasteiger partial charge >= 0.3 is 0 Å². The lowest BCUT2D eigenvalue weighted by Gasteiger charge is -2.17. The van der Waals surface area contributed by atoms with Crippen LogP contribution in [0.3, 0.4) is 0 Å². The molecule has 0 aliphatic heterocycles. The molecule has 0 spiro atoms. The SMILES string of the molecule is CCOC(COc1ccc(F)cc1Br)OCC. The highest BCUT2D eigenvalue weighted by atomic mass is 79.9. The molecule has 1 aromatic carbocycles. The van der Waals surface area contributed by atoms with Crippen LogP contribution < -0.4 is 4.74 Å². The Labute approximate surface area is 109 Å². The van der Waals surface area contributed by atoms with Crippen LogP contribution in [-0.2, 0) is 9.47 Å². The number of hydrogen-bond acceptors (Lipinski definition) is 3. The Bertz CT molecular complexity index is 341. The van der Waals surface area contributed by atoms with Crippen LogP contribution in [0.2, 0.25) is 0 Å². The number of rotatable bonds is 7. The molecular weight excluding hydrogens is 291 g/mol. The first-order valence-corrected chi connectivity index (χ1v) is 6.27. The third-order valence-corrected chi connectivity index (χ3v) is 2.59. The van der Waals surface area contributed by atoms with Gasteiger partial charge in [0, 0.05) is 13.2 Å². The average molecular weight is 307 g/mol. The molecule has 0 N–H and O–H groups in total. The van der Waals surface area contributed by atoms with Crippen LogP contribution in [0, 0.1) is 5.82 Å². The zero-order chi connectivity index (χ0) is 12.7. The lowest BCUT2D eigenvalue weighted by atomic mass is 10.3. The van der Waals surface area contributed by atoms with E-state index in [1.807, 2.05) is 13.8 Å². The van der Waals surface area contributed by atoms with Crippen molar-refractivity contribution in [2.24, 2.45) is 0 Å². The van der Waals surface area contributed by atoms with Crippen molar-refractivity contribution in [3.8, 4) is 5.75 Å². The van der Waals surface area contributed by atoms with Crippen molar-refractivity contribution in [2.45, 2.75) is 20.1 Å². The van der Waals surface area contributed by atoms with E-state index < -0.39 is 6.29 Å². The summed E-state index contributed by atoms with van der Waals surface area (Å²) in [6.07, 6.45) is -0.401. The maximum absolute atomic E-state index is 12.9. The zero-order valence-electron chi connectivity index (χ0n) is 9.91. The van der Waals surface area contributed by atoms with Crippen molar-refractivity contribution in [1.29, 1.82) is 0 Å². The molecule has 0 heterocycles. The molecule has 0 aliphatic carbocycles. The van der Waals surface area contributed by atoms with Gasteiger partial charge in [-0.05, 0) is 48.0 Å². The Kier molecular flexibility index (Phi) is 6.47. The van der Waals surface area contributed by atoms with Gasteiger partial charge in [-0.1, -0.05) is 0 Å². The van der Waals surface area contributed by atoms with E-state index >= 15 is 0 Å². The molecular formula is C12H16BrFO3. The van der Waals surface area contributed by atoms with Crippen LogP contribution in [0.25, 0.3) is 0 Å². The van der Waals surface area contributed by atoms with Crippen molar-refractivity contribution in [3.05, 3.63) is 28.5 Å². The predicted molar refractivity (Wildman–Crippen MR) is 66.6 cm³/mol. The standard InChI is InChI=1S/C12H16BrFO3/c1-3-15-12(16-4-2)8-17-11-6-5-9(14)7-10(11)13/h5-7,12H,3-4,8H2,1-2H3. The van der Waals surface area contributed by atoms with E-state index in [9.17, 15) is 4.39 Å². The van der Waals surface area contributed by atoms with Crippen molar-refractivity contribution in [2.75, 3.05) is 19.8 Å². The molecule has 0 radical (unpaired) electrons. The quantitative estimate of drug-likeness (QED) is 0.723. The summed E-state index contributed by atoms with van der Waals surface area (Å²) >= 11 is 3.23. The molecule has 96 valence electrons. The van der Waals surface area contributed by atoms with Crippen LogP contribution in [0.5, 0.6) is 5.75 Å². The fourth-order valence-corrected chi connectivity index (χ4v) is 1.73. The van der Waals surface area contributed by atoms with E-state index in [0.29, 0.717) is 23.4 Å². The topological polar surface area (TPSA) is 27.7 Å². The van der Waals surface area contributed by atoms with Crippen LogP contribution >= 0.6 is 15.9 Å². The second-order valence-electron chi connectivity index (χ2n) is 3.23. The Balaban J connectivity index is 2.52. The van der Waals surface area contributed by atoms with E-state index in [4.69, 9.17) is 14.2 Å². The minimum atomic E-state index is -0.401. The maximum Gasteiger partial charge on any atom is 0.191 e. The normalized spacial score (nSPS) is 10.9. The fraction of sp³-hybridized carbons (Fsp3) is 0.500. The fourth-order valence-electron chi connectivity index (χ4n) is 1.27. The van der Waals surface area contributed by atoms with Gasteiger partial charge in [0.1, 0.15) is 18.2 Å². The van der Waals surface area contributed by atoms with Gasteiger partial charge in [0.15, 0.2) is 6.29 Å². The molecule has 0 aromatic heterocycles. The molecule has 1 rings (SSSR count).